The number of fused-ring (bicyclic) bond motifs is 1. The molecule has 2 N–H and O–H groups in total. The number of benzene rings is 1. The van der Waals surface area contributed by atoms with Crippen molar-refractivity contribution < 1.29 is 9.21 Å². The van der Waals surface area contributed by atoms with Crippen LogP contribution in [-0.2, 0) is 11.3 Å². The normalized spacial score (nSPS) is 12.3. The van der Waals surface area contributed by atoms with Gasteiger partial charge in [-0.3, -0.25) is 19.1 Å². The van der Waals surface area contributed by atoms with Crippen LogP contribution in [0.25, 0.3) is 10.9 Å². The molecule has 1 unspecified atom stereocenters. The summed E-state index contributed by atoms with van der Waals surface area (Å²) in [6.07, 6.45) is 4.53. The molecule has 0 radical (unpaired) electrons. The Morgan fingerprint density at radius 2 is 1.94 bits per heavy atom. The summed E-state index contributed by atoms with van der Waals surface area (Å²) >= 11 is 5.35. The van der Waals surface area contributed by atoms with Crippen LogP contribution in [0.15, 0.2) is 51.9 Å². The standard InChI is InChI=1S/C24H32N4O3S/c1-3-27(4-2)20(21-13-10-16-31-21)17-25-22(29)14-6-5-9-15-28-23(30)18-11-7-8-12-19(18)26-24(28)32/h7-8,10-13,16,20H,3-6,9,14-15,17H2,1-2H3,(H,25,29)(H,26,32). The van der Waals surface area contributed by atoms with Crippen molar-refractivity contribution in [3.63, 3.8) is 0 Å². The van der Waals surface area contributed by atoms with E-state index in [1.807, 2.05) is 30.3 Å². The summed E-state index contributed by atoms with van der Waals surface area (Å²) in [5.74, 6) is 0.903. The molecule has 0 aliphatic rings. The average molecular weight is 457 g/mol. The Morgan fingerprint density at radius 3 is 2.66 bits per heavy atom. The summed E-state index contributed by atoms with van der Waals surface area (Å²) in [7, 11) is 0. The van der Waals surface area contributed by atoms with Gasteiger partial charge in [0.1, 0.15) is 5.76 Å². The molecule has 2 aromatic heterocycles. The number of aromatic nitrogens is 2. The number of unbranched alkanes of at least 4 members (excludes halogenated alkanes) is 2. The summed E-state index contributed by atoms with van der Waals surface area (Å²) in [5.41, 5.74) is 0.690. The van der Waals surface area contributed by atoms with Crippen molar-refractivity contribution in [2.24, 2.45) is 0 Å². The SMILES string of the molecule is CCN(CC)C(CNC(=O)CCCCCn1c(=S)[nH]c2ccccc2c1=O)c1ccco1. The first kappa shape index (κ1) is 23.9. The van der Waals surface area contributed by atoms with Crippen LogP contribution in [0.5, 0.6) is 0 Å². The molecule has 0 saturated carbocycles. The zero-order valence-corrected chi connectivity index (χ0v) is 19.6. The number of H-pyrrole nitrogens is 1. The molecular formula is C24H32N4O3S. The topological polar surface area (TPSA) is 83.3 Å². The number of carbonyl (C=O) groups is 1. The summed E-state index contributed by atoms with van der Waals surface area (Å²) in [6.45, 7) is 7.05. The van der Waals surface area contributed by atoms with Crippen molar-refractivity contribution in [3.05, 3.63) is 63.5 Å². The van der Waals surface area contributed by atoms with Crippen molar-refractivity contribution in [2.75, 3.05) is 19.6 Å². The van der Waals surface area contributed by atoms with Gasteiger partial charge in [-0.2, -0.15) is 0 Å². The van der Waals surface area contributed by atoms with E-state index in [-0.39, 0.29) is 17.5 Å². The highest BCUT2D eigenvalue weighted by Gasteiger charge is 2.21. The van der Waals surface area contributed by atoms with Crippen molar-refractivity contribution >= 4 is 29.0 Å². The summed E-state index contributed by atoms with van der Waals surface area (Å²) < 4.78 is 7.63. The van der Waals surface area contributed by atoms with Crippen molar-refractivity contribution in [1.82, 2.24) is 19.8 Å². The molecule has 1 amide bonds. The number of hydrogen-bond donors (Lipinski definition) is 2. The van der Waals surface area contributed by atoms with Crippen LogP contribution in [0.4, 0.5) is 0 Å². The Balaban J connectivity index is 1.45. The highest BCUT2D eigenvalue weighted by atomic mass is 32.1. The second-order valence-corrected chi connectivity index (χ2v) is 8.19. The monoisotopic (exact) mass is 456 g/mol. The van der Waals surface area contributed by atoms with Crippen LogP contribution in [0.1, 0.15) is 51.3 Å². The highest BCUT2D eigenvalue weighted by molar-refractivity contribution is 7.71. The molecular weight excluding hydrogens is 424 g/mol. The third kappa shape index (κ3) is 5.95. The van der Waals surface area contributed by atoms with Crippen molar-refractivity contribution in [2.45, 2.75) is 52.1 Å². The Hall–Kier alpha value is -2.71. The molecule has 0 fully saturated rings. The van der Waals surface area contributed by atoms with E-state index in [4.69, 9.17) is 16.6 Å². The van der Waals surface area contributed by atoms with E-state index in [2.05, 4.69) is 29.0 Å². The van der Waals surface area contributed by atoms with Gasteiger partial charge in [0.15, 0.2) is 4.77 Å². The minimum absolute atomic E-state index is 0.0328. The third-order valence-corrected chi connectivity index (χ3v) is 6.11. The second-order valence-electron chi connectivity index (χ2n) is 7.80. The molecule has 0 saturated heterocycles. The molecule has 0 spiro atoms. The Bertz CT molecular complexity index is 1120. The highest BCUT2D eigenvalue weighted by Crippen LogP contribution is 2.20. The van der Waals surface area contributed by atoms with Crippen LogP contribution < -0.4 is 10.9 Å². The van der Waals surface area contributed by atoms with E-state index in [1.165, 1.54) is 0 Å². The van der Waals surface area contributed by atoms with E-state index in [0.29, 0.717) is 29.7 Å². The van der Waals surface area contributed by atoms with Gasteiger partial charge in [0.25, 0.3) is 5.56 Å². The fourth-order valence-corrected chi connectivity index (χ4v) is 4.27. The van der Waals surface area contributed by atoms with Crippen LogP contribution in [-0.4, -0.2) is 40.0 Å². The quantitative estimate of drug-likeness (QED) is 0.312. The predicted molar refractivity (Wildman–Crippen MR) is 129 cm³/mol. The van der Waals surface area contributed by atoms with E-state index < -0.39 is 0 Å². The lowest BCUT2D eigenvalue weighted by molar-refractivity contribution is -0.121. The molecule has 3 rings (SSSR count). The number of nitrogens with zero attached hydrogens (tertiary/aromatic N) is 2. The number of nitrogens with one attached hydrogen (secondary N) is 2. The zero-order chi connectivity index (χ0) is 22.9. The van der Waals surface area contributed by atoms with E-state index in [1.54, 1.807) is 16.9 Å². The zero-order valence-electron chi connectivity index (χ0n) is 18.8. The molecule has 8 heteroatoms. The van der Waals surface area contributed by atoms with Gasteiger partial charge in [-0.15, -0.1) is 0 Å². The lowest BCUT2D eigenvalue weighted by atomic mass is 10.1. The minimum Gasteiger partial charge on any atom is -0.468 e. The predicted octanol–water partition coefficient (Wildman–Crippen LogP) is 4.41. The number of rotatable bonds is 12. The Kier molecular flexibility index (Phi) is 8.81. The largest absolute Gasteiger partial charge is 0.468 e. The van der Waals surface area contributed by atoms with Gasteiger partial charge in [0, 0.05) is 19.5 Å². The maximum absolute atomic E-state index is 12.7. The van der Waals surface area contributed by atoms with Crippen LogP contribution in [0.3, 0.4) is 0 Å². The molecule has 172 valence electrons. The number of aromatic amines is 1. The van der Waals surface area contributed by atoms with Crippen molar-refractivity contribution in [3.8, 4) is 0 Å². The number of likely N-dealkylation sites (N-methyl/N-ethyl adjacent to an activating group) is 1. The Labute approximate surface area is 193 Å². The molecule has 0 bridgehead atoms. The van der Waals surface area contributed by atoms with Gasteiger partial charge in [0.2, 0.25) is 5.91 Å². The molecule has 32 heavy (non-hydrogen) atoms. The first-order valence-corrected chi connectivity index (χ1v) is 11.7. The summed E-state index contributed by atoms with van der Waals surface area (Å²) in [5, 5.41) is 3.69. The average Bonchev–Trinajstić information content (AvgIpc) is 3.33. The minimum atomic E-state index is -0.0672. The second kappa shape index (κ2) is 11.8. The maximum atomic E-state index is 12.7. The van der Waals surface area contributed by atoms with Gasteiger partial charge >= 0.3 is 0 Å². The first-order valence-electron chi connectivity index (χ1n) is 11.3. The van der Waals surface area contributed by atoms with E-state index in [9.17, 15) is 9.59 Å². The number of amides is 1. The number of furan rings is 1. The van der Waals surface area contributed by atoms with E-state index >= 15 is 0 Å². The number of para-hydroxylation sites is 1. The van der Waals surface area contributed by atoms with Crippen LogP contribution in [0, 0.1) is 4.77 Å². The maximum Gasteiger partial charge on any atom is 0.262 e. The molecule has 1 atom stereocenters. The third-order valence-electron chi connectivity index (χ3n) is 5.79. The van der Waals surface area contributed by atoms with Crippen molar-refractivity contribution in [1.29, 1.82) is 0 Å². The molecule has 2 heterocycles. The van der Waals surface area contributed by atoms with Gasteiger partial charge in [-0.05, 0) is 62.4 Å². The fraction of sp³-hybridized carbons (Fsp3) is 0.458. The first-order chi connectivity index (χ1) is 15.5. The van der Waals surface area contributed by atoms with Gasteiger partial charge in [-0.25, -0.2) is 0 Å². The molecule has 1 aromatic carbocycles. The summed E-state index contributed by atoms with van der Waals surface area (Å²) in [4.78, 5) is 30.4. The van der Waals surface area contributed by atoms with Crippen LogP contribution >= 0.6 is 12.2 Å². The fourth-order valence-electron chi connectivity index (χ4n) is 3.99. The lowest BCUT2D eigenvalue weighted by Gasteiger charge is -2.28. The lowest BCUT2D eigenvalue weighted by Crippen LogP contribution is -2.37. The van der Waals surface area contributed by atoms with Gasteiger partial charge < -0.3 is 14.7 Å². The van der Waals surface area contributed by atoms with Crippen LogP contribution in [0.2, 0.25) is 0 Å². The molecule has 0 aliphatic carbocycles. The summed E-state index contributed by atoms with van der Waals surface area (Å²) in [6, 6.07) is 11.2. The van der Waals surface area contributed by atoms with Gasteiger partial charge in [0.05, 0.1) is 23.2 Å². The molecule has 0 aliphatic heterocycles. The van der Waals surface area contributed by atoms with Gasteiger partial charge in [-0.1, -0.05) is 32.4 Å². The molecule has 7 nitrogen and oxygen atoms in total. The Morgan fingerprint density at radius 1 is 1.16 bits per heavy atom. The number of hydrogen-bond acceptors (Lipinski definition) is 5. The molecule has 3 aromatic rings. The number of carbonyl (C=O) groups excluding carboxylic acids is 1. The smallest absolute Gasteiger partial charge is 0.262 e. The van der Waals surface area contributed by atoms with E-state index in [0.717, 1.165) is 43.6 Å².